The first-order valence-corrected chi connectivity index (χ1v) is 8.57. The summed E-state index contributed by atoms with van der Waals surface area (Å²) in [4.78, 5) is 16.9. The predicted molar refractivity (Wildman–Crippen MR) is 97.3 cm³/mol. The van der Waals surface area contributed by atoms with Gasteiger partial charge < -0.3 is 14.5 Å². The highest BCUT2D eigenvalue weighted by Gasteiger charge is 2.38. The van der Waals surface area contributed by atoms with Crippen LogP contribution in [0.4, 0.5) is 0 Å². The van der Waals surface area contributed by atoms with Crippen LogP contribution in [0.3, 0.4) is 0 Å². The van der Waals surface area contributed by atoms with Gasteiger partial charge in [-0.15, -0.1) is 0 Å². The van der Waals surface area contributed by atoms with E-state index in [4.69, 9.17) is 16.3 Å². The summed E-state index contributed by atoms with van der Waals surface area (Å²) < 4.78 is 6.80. The number of carbonyl (C=O) groups excluding carboxylic acids is 1. The van der Waals surface area contributed by atoms with Crippen LogP contribution in [0.25, 0.3) is 0 Å². The number of rotatable bonds is 4. The molecule has 1 saturated heterocycles. The minimum Gasteiger partial charge on any atom is -0.497 e. The van der Waals surface area contributed by atoms with Gasteiger partial charge in [-0.2, -0.15) is 5.10 Å². The average molecular weight is 363 g/mol. The molecule has 1 aromatic heterocycles. The molecule has 0 radical (unpaired) electrons. The summed E-state index contributed by atoms with van der Waals surface area (Å²) in [5, 5.41) is 4.60. The first kappa shape index (κ1) is 17.8. The van der Waals surface area contributed by atoms with Crippen molar-refractivity contribution in [2.24, 2.45) is 7.05 Å². The number of aryl methyl sites for hydroxylation is 1. The fraction of sp³-hybridized carbons (Fsp3) is 0.444. The lowest BCUT2D eigenvalue weighted by Crippen LogP contribution is -2.36. The molecule has 0 spiro atoms. The van der Waals surface area contributed by atoms with Crippen molar-refractivity contribution in [1.82, 2.24) is 19.6 Å². The molecule has 3 rings (SSSR count). The molecule has 0 aliphatic carbocycles. The van der Waals surface area contributed by atoms with Gasteiger partial charge in [0.05, 0.1) is 12.1 Å². The van der Waals surface area contributed by atoms with Crippen LogP contribution in [0.15, 0.2) is 30.5 Å². The number of methoxy groups -OCH3 is 1. The van der Waals surface area contributed by atoms with Crippen molar-refractivity contribution in [3.05, 3.63) is 46.7 Å². The minimum atomic E-state index is -0.117. The molecule has 0 saturated carbocycles. The lowest BCUT2D eigenvalue weighted by molar-refractivity contribution is 0.0776. The zero-order chi connectivity index (χ0) is 18.1. The Bertz CT molecular complexity index is 757. The maximum absolute atomic E-state index is 12.9. The highest BCUT2D eigenvalue weighted by molar-refractivity contribution is 6.33. The standard InChI is InChI=1S/C18H23ClN4O2/c1-21(2)16-11-23(18(24)17-15(19)10-22(3)20-17)9-14(16)12-5-7-13(25-4)8-6-12/h5-8,10,14,16H,9,11H2,1-4H3/t14-,16+/m0/s1. The fourth-order valence-electron chi connectivity index (χ4n) is 3.41. The van der Waals surface area contributed by atoms with Crippen LogP contribution in [-0.4, -0.2) is 65.8 Å². The van der Waals surface area contributed by atoms with Crippen LogP contribution in [-0.2, 0) is 7.05 Å². The second-order valence-electron chi connectivity index (χ2n) is 6.62. The molecule has 2 aromatic rings. The lowest BCUT2D eigenvalue weighted by atomic mass is 9.93. The van der Waals surface area contributed by atoms with E-state index in [1.165, 1.54) is 5.56 Å². The summed E-state index contributed by atoms with van der Waals surface area (Å²) in [5.74, 6) is 0.942. The van der Waals surface area contributed by atoms with E-state index in [1.54, 1.807) is 25.0 Å². The van der Waals surface area contributed by atoms with Crippen molar-refractivity contribution in [1.29, 1.82) is 0 Å². The molecule has 0 N–H and O–H groups in total. The minimum absolute atomic E-state index is 0.117. The van der Waals surface area contributed by atoms with Crippen LogP contribution in [0.2, 0.25) is 5.02 Å². The predicted octanol–water partition coefficient (Wildman–Crippen LogP) is 2.25. The Hall–Kier alpha value is -2.05. The monoisotopic (exact) mass is 362 g/mol. The van der Waals surface area contributed by atoms with Crippen molar-refractivity contribution in [2.45, 2.75) is 12.0 Å². The molecule has 1 aliphatic heterocycles. The van der Waals surface area contributed by atoms with E-state index < -0.39 is 0 Å². The Labute approximate surface area is 152 Å². The smallest absolute Gasteiger partial charge is 0.275 e. The third-order valence-corrected chi connectivity index (χ3v) is 5.05. The number of amides is 1. The number of ether oxygens (including phenoxy) is 1. The van der Waals surface area contributed by atoms with E-state index >= 15 is 0 Å². The Morgan fingerprint density at radius 2 is 1.96 bits per heavy atom. The second-order valence-corrected chi connectivity index (χ2v) is 7.03. The number of hydrogen-bond acceptors (Lipinski definition) is 4. The van der Waals surface area contributed by atoms with Gasteiger partial charge >= 0.3 is 0 Å². The van der Waals surface area contributed by atoms with Crippen LogP contribution in [0.1, 0.15) is 22.0 Å². The van der Waals surface area contributed by atoms with Crippen molar-refractivity contribution in [2.75, 3.05) is 34.3 Å². The highest BCUT2D eigenvalue weighted by atomic mass is 35.5. The topological polar surface area (TPSA) is 50.6 Å². The van der Waals surface area contributed by atoms with Gasteiger partial charge in [-0.3, -0.25) is 9.48 Å². The number of carbonyl (C=O) groups is 1. The van der Waals surface area contributed by atoms with Crippen LogP contribution in [0.5, 0.6) is 5.75 Å². The summed E-state index contributed by atoms with van der Waals surface area (Å²) in [5.41, 5.74) is 1.51. The normalized spacial score (nSPS) is 20.3. The molecule has 1 amide bonds. The summed E-state index contributed by atoms with van der Waals surface area (Å²) in [6, 6.07) is 8.30. The zero-order valence-corrected chi connectivity index (χ0v) is 15.7. The average Bonchev–Trinajstić information content (AvgIpc) is 3.18. The Morgan fingerprint density at radius 3 is 2.48 bits per heavy atom. The molecule has 25 heavy (non-hydrogen) atoms. The fourth-order valence-corrected chi connectivity index (χ4v) is 3.67. The molecule has 6 nitrogen and oxygen atoms in total. The molecule has 134 valence electrons. The highest BCUT2D eigenvalue weighted by Crippen LogP contribution is 2.32. The maximum Gasteiger partial charge on any atom is 0.275 e. The molecule has 2 heterocycles. The van der Waals surface area contributed by atoms with Gasteiger partial charge in [0.15, 0.2) is 5.69 Å². The van der Waals surface area contributed by atoms with Crippen LogP contribution in [0, 0.1) is 0 Å². The largest absolute Gasteiger partial charge is 0.497 e. The molecule has 0 bridgehead atoms. The lowest BCUT2D eigenvalue weighted by Gasteiger charge is -2.25. The van der Waals surface area contributed by atoms with E-state index in [0.717, 1.165) is 5.75 Å². The van der Waals surface area contributed by atoms with E-state index in [2.05, 4.69) is 22.1 Å². The first-order valence-electron chi connectivity index (χ1n) is 8.19. The summed E-state index contributed by atoms with van der Waals surface area (Å²) in [7, 11) is 7.51. The molecule has 2 atom stereocenters. The molecular formula is C18H23ClN4O2. The van der Waals surface area contributed by atoms with Crippen LogP contribution >= 0.6 is 11.6 Å². The first-order chi connectivity index (χ1) is 11.9. The molecule has 0 unspecified atom stereocenters. The Balaban J connectivity index is 1.84. The van der Waals surface area contributed by atoms with E-state index in [-0.39, 0.29) is 17.9 Å². The van der Waals surface area contributed by atoms with Crippen molar-refractivity contribution >= 4 is 17.5 Å². The van der Waals surface area contributed by atoms with Gasteiger partial charge in [-0.1, -0.05) is 23.7 Å². The number of benzene rings is 1. The number of likely N-dealkylation sites (tertiary alicyclic amines) is 1. The third-order valence-electron chi connectivity index (χ3n) is 4.77. The number of likely N-dealkylation sites (N-methyl/N-ethyl adjacent to an activating group) is 1. The van der Waals surface area contributed by atoms with Crippen LogP contribution < -0.4 is 4.74 Å². The van der Waals surface area contributed by atoms with Crippen molar-refractivity contribution in [3.8, 4) is 5.75 Å². The molecular weight excluding hydrogens is 340 g/mol. The van der Waals surface area contributed by atoms with E-state index in [1.807, 2.05) is 31.1 Å². The van der Waals surface area contributed by atoms with Gasteiger partial charge in [0.1, 0.15) is 5.75 Å². The SMILES string of the molecule is COc1ccc([C@@H]2CN(C(=O)c3nn(C)cc3Cl)C[C@H]2N(C)C)cc1. The van der Waals surface area contributed by atoms with Gasteiger partial charge in [0.2, 0.25) is 0 Å². The number of hydrogen-bond donors (Lipinski definition) is 0. The Morgan fingerprint density at radius 1 is 1.28 bits per heavy atom. The number of nitrogens with zero attached hydrogens (tertiary/aromatic N) is 4. The van der Waals surface area contributed by atoms with E-state index in [0.29, 0.717) is 23.8 Å². The van der Waals surface area contributed by atoms with Crippen molar-refractivity contribution < 1.29 is 9.53 Å². The summed E-state index contributed by atoms with van der Waals surface area (Å²) in [6.45, 7) is 1.29. The second kappa shape index (κ2) is 7.06. The molecule has 7 heteroatoms. The maximum atomic E-state index is 12.9. The van der Waals surface area contributed by atoms with Crippen molar-refractivity contribution in [3.63, 3.8) is 0 Å². The zero-order valence-electron chi connectivity index (χ0n) is 14.9. The summed E-state index contributed by atoms with van der Waals surface area (Å²) in [6.07, 6.45) is 1.65. The Kier molecular flexibility index (Phi) is 5.01. The van der Waals surface area contributed by atoms with Gasteiger partial charge in [-0.25, -0.2) is 0 Å². The quantitative estimate of drug-likeness (QED) is 0.837. The third kappa shape index (κ3) is 3.50. The van der Waals surface area contributed by atoms with E-state index in [9.17, 15) is 4.79 Å². The summed E-state index contributed by atoms with van der Waals surface area (Å²) >= 11 is 6.15. The molecule has 1 aromatic carbocycles. The number of aromatic nitrogens is 2. The van der Waals surface area contributed by atoms with Gasteiger partial charge in [0.25, 0.3) is 5.91 Å². The van der Waals surface area contributed by atoms with Gasteiger partial charge in [-0.05, 0) is 31.8 Å². The number of halogens is 1. The molecule has 1 fully saturated rings. The van der Waals surface area contributed by atoms with Gasteiger partial charge in [0, 0.05) is 38.3 Å². The molecule has 1 aliphatic rings.